The molecule has 39 heavy (non-hydrogen) atoms. The van der Waals surface area contributed by atoms with Crippen molar-refractivity contribution in [2.45, 2.75) is 44.3 Å². The summed E-state index contributed by atoms with van der Waals surface area (Å²) in [6.45, 7) is 6.06. The standard InChI is InChI=1S/C24H31ClN6O7S/c1-14(2)38-21(22-26-11-16(25)12-27-22)15(3)39(32,33)30-24-29-28-23(19-13-36-9-10-37-19)31(24)20-17(34-4)7-6-8-18(20)35-5/h6-8,11-12,14-15,19,21H,9-10,13H2,1-5H3,(H,29,30)/t15?,19-,21?/m0/s1. The second-order valence-electron chi connectivity index (χ2n) is 8.88. The number of hydrogen-bond donors (Lipinski definition) is 1. The van der Waals surface area contributed by atoms with Gasteiger partial charge >= 0.3 is 0 Å². The van der Waals surface area contributed by atoms with Gasteiger partial charge in [0.25, 0.3) is 0 Å². The van der Waals surface area contributed by atoms with Crippen LogP contribution in [0.4, 0.5) is 5.95 Å². The fraction of sp³-hybridized carbons (Fsp3) is 0.500. The fourth-order valence-corrected chi connectivity index (χ4v) is 5.19. The topological polar surface area (TPSA) is 149 Å². The molecular weight excluding hydrogens is 552 g/mol. The van der Waals surface area contributed by atoms with E-state index >= 15 is 0 Å². The van der Waals surface area contributed by atoms with E-state index in [1.165, 1.54) is 38.1 Å². The summed E-state index contributed by atoms with van der Waals surface area (Å²) in [5.41, 5.74) is 0.387. The highest BCUT2D eigenvalue weighted by molar-refractivity contribution is 7.93. The Morgan fingerprint density at radius 3 is 2.31 bits per heavy atom. The first-order valence-electron chi connectivity index (χ1n) is 12.2. The molecule has 4 rings (SSSR count). The number of para-hydroxylation sites is 1. The number of nitrogens with one attached hydrogen (secondary N) is 1. The first-order chi connectivity index (χ1) is 18.7. The van der Waals surface area contributed by atoms with E-state index in [0.717, 1.165) is 0 Å². The summed E-state index contributed by atoms with van der Waals surface area (Å²) in [7, 11) is -1.18. The second kappa shape index (κ2) is 12.4. The lowest BCUT2D eigenvalue weighted by molar-refractivity contribution is -0.0941. The number of sulfonamides is 1. The van der Waals surface area contributed by atoms with Gasteiger partial charge in [-0.2, -0.15) is 0 Å². The smallest absolute Gasteiger partial charge is 0.243 e. The lowest BCUT2D eigenvalue weighted by atomic mass is 10.2. The molecule has 1 aromatic carbocycles. The van der Waals surface area contributed by atoms with Crippen molar-refractivity contribution in [3.63, 3.8) is 0 Å². The average Bonchev–Trinajstić information content (AvgIpc) is 3.33. The number of hydrogen-bond acceptors (Lipinski definition) is 11. The number of aromatic nitrogens is 5. The van der Waals surface area contributed by atoms with E-state index in [2.05, 4.69) is 24.9 Å². The molecule has 0 aliphatic carbocycles. The van der Waals surface area contributed by atoms with Crippen molar-refractivity contribution >= 4 is 27.6 Å². The average molecular weight is 583 g/mol. The Bertz CT molecular complexity index is 1340. The maximum atomic E-state index is 13.8. The molecule has 3 aromatic rings. The molecule has 15 heteroatoms. The van der Waals surface area contributed by atoms with Crippen LogP contribution in [0.1, 0.15) is 44.6 Å². The molecule has 212 valence electrons. The highest BCUT2D eigenvalue weighted by Crippen LogP contribution is 2.38. The molecule has 0 spiro atoms. The van der Waals surface area contributed by atoms with Gasteiger partial charge in [0.1, 0.15) is 34.6 Å². The zero-order valence-corrected chi connectivity index (χ0v) is 23.8. The van der Waals surface area contributed by atoms with Gasteiger partial charge in [0, 0.05) is 12.4 Å². The SMILES string of the molecule is COc1cccc(OC)c1-n1c(NS(=O)(=O)C(C)C(OC(C)C)c2ncc(Cl)cn2)nnc1[C@@H]1COCCO1. The Morgan fingerprint density at radius 1 is 1.08 bits per heavy atom. The number of halogens is 1. The van der Waals surface area contributed by atoms with Crippen LogP contribution in [0.25, 0.3) is 5.69 Å². The first kappa shape index (κ1) is 29.0. The van der Waals surface area contributed by atoms with Gasteiger partial charge in [-0.3, -0.25) is 9.29 Å². The highest BCUT2D eigenvalue weighted by atomic mass is 35.5. The molecule has 3 atom stereocenters. The van der Waals surface area contributed by atoms with Crippen LogP contribution in [0.15, 0.2) is 30.6 Å². The molecule has 3 heterocycles. The Kier molecular flexibility index (Phi) is 9.23. The van der Waals surface area contributed by atoms with Crippen molar-refractivity contribution in [1.82, 2.24) is 24.7 Å². The predicted molar refractivity (Wildman–Crippen MR) is 142 cm³/mol. The van der Waals surface area contributed by atoms with Crippen LogP contribution in [-0.4, -0.2) is 78.5 Å². The van der Waals surface area contributed by atoms with Crippen LogP contribution in [0.5, 0.6) is 11.5 Å². The third-order valence-electron chi connectivity index (χ3n) is 5.88. The molecule has 0 amide bonds. The van der Waals surface area contributed by atoms with Gasteiger partial charge in [0.15, 0.2) is 11.6 Å². The maximum absolute atomic E-state index is 13.8. The van der Waals surface area contributed by atoms with Crippen molar-refractivity contribution in [3.05, 3.63) is 47.3 Å². The summed E-state index contributed by atoms with van der Waals surface area (Å²) in [4.78, 5) is 8.38. The Labute approximate surface area is 231 Å². The number of ether oxygens (including phenoxy) is 5. The van der Waals surface area contributed by atoms with Crippen molar-refractivity contribution in [2.24, 2.45) is 0 Å². The Hall–Kier alpha value is -3.04. The maximum Gasteiger partial charge on any atom is 0.243 e. The minimum atomic E-state index is -4.17. The van der Waals surface area contributed by atoms with Crippen molar-refractivity contribution in [1.29, 1.82) is 0 Å². The molecule has 1 aliphatic rings. The van der Waals surface area contributed by atoms with Crippen LogP contribution in [0.2, 0.25) is 5.02 Å². The number of methoxy groups -OCH3 is 2. The molecule has 0 bridgehead atoms. The first-order valence-corrected chi connectivity index (χ1v) is 14.1. The van der Waals surface area contributed by atoms with E-state index in [1.54, 1.807) is 32.0 Å². The van der Waals surface area contributed by atoms with E-state index in [4.69, 9.17) is 35.3 Å². The third kappa shape index (κ3) is 6.41. The lowest BCUT2D eigenvalue weighted by Crippen LogP contribution is -2.35. The van der Waals surface area contributed by atoms with Crippen LogP contribution in [0.3, 0.4) is 0 Å². The lowest BCUT2D eigenvalue weighted by Gasteiger charge is -2.26. The molecule has 1 N–H and O–H groups in total. The van der Waals surface area contributed by atoms with Gasteiger partial charge < -0.3 is 23.7 Å². The predicted octanol–water partition coefficient (Wildman–Crippen LogP) is 3.11. The summed E-state index contributed by atoms with van der Waals surface area (Å²) in [5.74, 6) is 1.17. The second-order valence-corrected chi connectivity index (χ2v) is 11.4. The summed E-state index contributed by atoms with van der Waals surface area (Å²) < 4.78 is 60.1. The van der Waals surface area contributed by atoms with E-state index in [0.29, 0.717) is 41.2 Å². The number of rotatable bonds is 11. The molecule has 2 aromatic heterocycles. The van der Waals surface area contributed by atoms with E-state index in [1.807, 2.05) is 0 Å². The van der Waals surface area contributed by atoms with Gasteiger partial charge in [0.05, 0.1) is 45.2 Å². The highest BCUT2D eigenvalue weighted by Gasteiger charge is 2.37. The van der Waals surface area contributed by atoms with Crippen molar-refractivity contribution in [2.75, 3.05) is 38.8 Å². The molecular formula is C24H31ClN6O7S. The number of nitrogens with zero attached hydrogens (tertiary/aromatic N) is 5. The molecule has 0 saturated carbocycles. The van der Waals surface area contributed by atoms with Crippen molar-refractivity contribution in [3.8, 4) is 17.2 Å². The molecule has 1 saturated heterocycles. The summed E-state index contributed by atoms with van der Waals surface area (Å²) in [5, 5.41) is 7.61. The van der Waals surface area contributed by atoms with Gasteiger partial charge in [-0.1, -0.05) is 17.7 Å². The van der Waals surface area contributed by atoms with Gasteiger partial charge in [-0.15, -0.1) is 10.2 Å². The summed E-state index contributed by atoms with van der Waals surface area (Å²) in [6.07, 6.45) is 0.832. The molecule has 1 fully saturated rings. The largest absolute Gasteiger partial charge is 0.494 e. The normalized spacial score (nSPS) is 17.6. The molecule has 13 nitrogen and oxygen atoms in total. The van der Waals surface area contributed by atoms with Crippen LogP contribution >= 0.6 is 11.6 Å². The third-order valence-corrected chi connectivity index (χ3v) is 7.77. The minimum absolute atomic E-state index is 0.103. The van der Waals surface area contributed by atoms with Gasteiger partial charge in [-0.05, 0) is 32.9 Å². The van der Waals surface area contributed by atoms with E-state index in [9.17, 15) is 8.42 Å². The Balaban J connectivity index is 1.79. The molecule has 0 radical (unpaired) electrons. The number of benzene rings is 1. The van der Waals surface area contributed by atoms with E-state index < -0.39 is 27.5 Å². The zero-order chi connectivity index (χ0) is 28.2. The van der Waals surface area contributed by atoms with E-state index in [-0.39, 0.29) is 24.5 Å². The summed E-state index contributed by atoms with van der Waals surface area (Å²) >= 11 is 5.94. The quantitative estimate of drug-likeness (QED) is 0.355. The van der Waals surface area contributed by atoms with Crippen LogP contribution < -0.4 is 14.2 Å². The molecule has 1 aliphatic heterocycles. The minimum Gasteiger partial charge on any atom is -0.494 e. The summed E-state index contributed by atoms with van der Waals surface area (Å²) in [6, 6.07) is 5.17. The van der Waals surface area contributed by atoms with Crippen molar-refractivity contribution < 1.29 is 32.1 Å². The van der Waals surface area contributed by atoms with Crippen LogP contribution in [-0.2, 0) is 24.2 Å². The number of anilines is 1. The van der Waals surface area contributed by atoms with Crippen LogP contribution in [0, 0.1) is 0 Å². The van der Waals surface area contributed by atoms with Gasteiger partial charge in [-0.25, -0.2) is 18.4 Å². The fourth-order valence-electron chi connectivity index (χ4n) is 4.01. The van der Waals surface area contributed by atoms with Gasteiger partial charge in [0.2, 0.25) is 16.0 Å². The zero-order valence-electron chi connectivity index (χ0n) is 22.2. The monoisotopic (exact) mass is 582 g/mol. The Morgan fingerprint density at radius 2 is 1.74 bits per heavy atom. The molecule has 2 unspecified atom stereocenters.